The molecule has 0 heterocycles. The molecule has 0 spiro atoms. The molecule has 0 aliphatic carbocycles. The summed E-state index contributed by atoms with van der Waals surface area (Å²) in [5.74, 6) is 0.551. The number of hydrogen-bond acceptors (Lipinski definition) is 5. The zero-order valence-electron chi connectivity index (χ0n) is 8.40. The zero-order chi connectivity index (χ0) is 11.1. The Kier molecular flexibility index (Phi) is 4.15. The molecule has 1 rings (SSSR count). The third-order valence-electron chi connectivity index (χ3n) is 1.77. The molecule has 0 unspecified atom stereocenters. The molecule has 0 bridgehead atoms. The monoisotopic (exact) mass is 207 g/mol. The van der Waals surface area contributed by atoms with E-state index in [1.165, 1.54) is 13.3 Å². The van der Waals surface area contributed by atoms with Crippen molar-refractivity contribution in [1.82, 2.24) is 5.43 Å². The first-order valence-electron chi connectivity index (χ1n) is 4.38. The minimum atomic E-state index is 0.115. The van der Waals surface area contributed by atoms with E-state index in [-0.39, 0.29) is 5.75 Å². The van der Waals surface area contributed by atoms with Crippen molar-refractivity contribution in [3.8, 4) is 11.5 Å². The van der Waals surface area contributed by atoms with Crippen molar-refractivity contribution < 1.29 is 9.84 Å². The van der Waals surface area contributed by atoms with E-state index in [1.54, 1.807) is 18.2 Å². The van der Waals surface area contributed by atoms with Crippen LogP contribution in [0.1, 0.15) is 5.56 Å². The van der Waals surface area contributed by atoms with Crippen LogP contribution in [0.5, 0.6) is 11.5 Å². The van der Waals surface area contributed by atoms with Crippen LogP contribution in [-0.2, 0) is 6.54 Å². The van der Waals surface area contributed by atoms with Crippen LogP contribution < -0.4 is 10.2 Å². The fourth-order valence-corrected chi connectivity index (χ4v) is 1.06. The van der Waals surface area contributed by atoms with Crippen LogP contribution >= 0.6 is 0 Å². The highest BCUT2D eigenvalue weighted by Gasteiger charge is 2.01. The second kappa shape index (κ2) is 5.64. The van der Waals surface area contributed by atoms with Gasteiger partial charge in [0, 0.05) is 6.21 Å². The van der Waals surface area contributed by atoms with E-state index in [4.69, 9.17) is 10.1 Å². The van der Waals surface area contributed by atoms with Crippen LogP contribution in [0.3, 0.4) is 0 Å². The Hall–Kier alpha value is -2.04. The quantitative estimate of drug-likeness (QED) is 0.500. The molecule has 3 N–H and O–H groups in total. The number of ether oxygens (including phenoxy) is 1. The largest absolute Gasteiger partial charge is 0.504 e. The lowest BCUT2D eigenvalue weighted by atomic mass is 10.2. The molecule has 0 saturated carbocycles. The average Bonchev–Trinajstić information content (AvgIpc) is 2.26. The fraction of sp³-hybridized carbons (Fsp3) is 0.200. The van der Waals surface area contributed by atoms with Gasteiger partial charge in [0.15, 0.2) is 11.5 Å². The molecular formula is C10H13N3O2. The summed E-state index contributed by atoms with van der Waals surface area (Å²) in [4.78, 5) is 0. The van der Waals surface area contributed by atoms with Gasteiger partial charge in [-0.2, -0.15) is 5.10 Å². The number of phenolic OH excluding ortho intramolecular Hbond substituents is 1. The Morgan fingerprint density at radius 3 is 3.07 bits per heavy atom. The molecule has 0 fully saturated rings. The minimum Gasteiger partial charge on any atom is -0.504 e. The average molecular weight is 207 g/mol. The van der Waals surface area contributed by atoms with Gasteiger partial charge in [-0.15, -0.1) is 0 Å². The summed E-state index contributed by atoms with van der Waals surface area (Å²) >= 11 is 0. The normalized spacial score (nSPS) is 10.2. The third kappa shape index (κ3) is 3.30. The molecule has 0 radical (unpaired) electrons. The van der Waals surface area contributed by atoms with E-state index in [0.29, 0.717) is 12.3 Å². The third-order valence-corrected chi connectivity index (χ3v) is 1.77. The zero-order valence-corrected chi connectivity index (χ0v) is 8.40. The Morgan fingerprint density at radius 1 is 1.60 bits per heavy atom. The van der Waals surface area contributed by atoms with Gasteiger partial charge in [0.2, 0.25) is 0 Å². The van der Waals surface area contributed by atoms with Gasteiger partial charge in [0.1, 0.15) is 0 Å². The molecular weight excluding hydrogens is 194 g/mol. The second-order valence-electron chi connectivity index (χ2n) is 2.79. The number of aromatic hydroxyl groups is 1. The Bertz CT molecular complexity index is 364. The molecule has 0 amide bonds. The maximum atomic E-state index is 9.34. The van der Waals surface area contributed by atoms with Crippen LogP contribution in [0, 0.1) is 5.41 Å². The maximum Gasteiger partial charge on any atom is 0.160 e. The highest BCUT2D eigenvalue weighted by molar-refractivity contribution is 6.14. The van der Waals surface area contributed by atoms with Gasteiger partial charge in [-0.3, -0.25) is 0 Å². The summed E-state index contributed by atoms with van der Waals surface area (Å²) in [6, 6.07) is 5.06. The van der Waals surface area contributed by atoms with Crippen LogP contribution in [0.15, 0.2) is 23.3 Å². The first-order chi connectivity index (χ1) is 7.27. The molecule has 1 aromatic carbocycles. The SMILES string of the molecule is COc1cc(CNN=CC=N)ccc1O. The van der Waals surface area contributed by atoms with Gasteiger partial charge in [0.25, 0.3) is 0 Å². The van der Waals surface area contributed by atoms with Gasteiger partial charge in [-0.1, -0.05) is 6.07 Å². The number of nitrogens with one attached hydrogen (secondary N) is 2. The summed E-state index contributed by atoms with van der Waals surface area (Å²) < 4.78 is 4.96. The Balaban J connectivity index is 2.62. The maximum absolute atomic E-state index is 9.34. The van der Waals surface area contributed by atoms with E-state index >= 15 is 0 Å². The van der Waals surface area contributed by atoms with Crippen LogP contribution in [-0.4, -0.2) is 24.6 Å². The van der Waals surface area contributed by atoms with Crippen molar-refractivity contribution in [3.63, 3.8) is 0 Å². The minimum absolute atomic E-state index is 0.115. The van der Waals surface area contributed by atoms with Gasteiger partial charge < -0.3 is 20.7 Å². The predicted molar refractivity (Wildman–Crippen MR) is 58.8 cm³/mol. The van der Waals surface area contributed by atoms with Crippen molar-refractivity contribution >= 4 is 12.4 Å². The van der Waals surface area contributed by atoms with Crippen molar-refractivity contribution in [2.75, 3.05) is 7.11 Å². The predicted octanol–water partition coefficient (Wildman–Crippen LogP) is 1.13. The molecule has 0 saturated heterocycles. The lowest BCUT2D eigenvalue weighted by Crippen LogP contribution is -2.05. The number of nitrogens with zero attached hydrogens (tertiary/aromatic N) is 1. The molecule has 80 valence electrons. The molecule has 15 heavy (non-hydrogen) atoms. The van der Waals surface area contributed by atoms with Gasteiger partial charge in [-0.25, -0.2) is 0 Å². The molecule has 0 atom stereocenters. The van der Waals surface area contributed by atoms with Crippen molar-refractivity contribution in [1.29, 1.82) is 5.41 Å². The first-order valence-corrected chi connectivity index (χ1v) is 4.38. The van der Waals surface area contributed by atoms with Crippen LogP contribution in [0.25, 0.3) is 0 Å². The van der Waals surface area contributed by atoms with Gasteiger partial charge >= 0.3 is 0 Å². The summed E-state index contributed by atoms with van der Waals surface area (Å²) in [6.07, 6.45) is 2.43. The standard InChI is InChI=1S/C10H13N3O2/c1-15-10-6-8(2-3-9(10)14)7-13-12-5-4-11/h2-6,11,13-14H,7H2,1H3. The molecule has 0 aliphatic rings. The molecule has 5 heteroatoms. The summed E-state index contributed by atoms with van der Waals surface area (Å²) in [7, 11) is 1.50. The molecule has 5 nitrogen and oxygen atoms in total. The van der Waals surface area contributed by atoms with E-state index in [9.17, 15) is 5.11 Å². The number of methoxy groups -OCH3 is 1. The van der Waals surface area contributed by atoms with Crippen LogP contribution in [0.4, 0.5) is 0 Å². The molecule has 1 aromatic rings. The van der Waals surface area contributed by atoms with E-state index in [1.807, 2.05) is 0 Å². The topological polar surface area (TPSA) is 77.7 Å². The van der Waals surface area contributed by atoms with Gasteiger partial charge in [0.05, 0.1) is 19.9 Å². The number of benzene rings is 1. The first kappa shape index (κ1) is 11.0. The van der Waals surface area contributed by atoms with E-state index < -0.39 is 0 Å². The number of rotatable bonds is 5. The Morgan fingerprint density at radius 2 is 2.40 bits per heavy atom. The van der Waals surface area contributed by atoms with Crippen LogP contribution in [0.2, 0.25) is 0 Å². The summed E-state index contributed by atoms with van der Waals surface area (Å²) in [6.45, 7) is 0.515. The fourth-order valence-electron chi connectivity index (χ4n) is 1.06. The van der Waals surface area contributed by atoms with Gasteiger partial charge in [-0.05, 0) is 17.7 Å². The number of hydrogen-bond donors (Lipinski definition) is 3. The van der Waals surface area contributed by atoms with Crippen molar-refractivity contribution in [2.24, 2.45) is 5.10 Å². The molecule has 0 aliphatic heterocycles. The Labute approximate surface area is 87.9 Å². The van der Waals surface area contributed by atoms with E-state index in [2.05, 4.69) is 10.5 Å². The van der Waals surface area contributed by atoms with Crippen molar-refractivity contribution in [2.45, 2.75) is 6.54 Å². The smallest absolute Gasteiger partial charge is 0.160 e. The molecule has 0 aromatic heterocycles. The van der Waals surface area contributed by atoms with E-state index in [0.717, 1.165) is 11.8 Å². The van der Waals surface area contributed by atoms with Crippen molar-refractivity contribution in [3.05, 3.63) is 23.8 Å². The lowest BCUT2D eigenvalue weighted by molar-refractivity contribution is 0.373. The lowest BCUT2D eigenvalue weighted by Gasteiger charge is -2.06. The number of phenols is 1. The second-order valence-corrected chi connectivity index (χ2v) is 2.79. The highest BCUT2D eigenvalue weighted by Crippen LogP contribution is 2.25. The summed E-state index contributed by atoms with van der Waals surface area (Å²) in [5, 5.41) is 19.8. The summed E-state index contributed by atoms with van der Waals surface area (Å²) in [5.41, 5.74) is 3.69. The number of hydrazone groups is 1. The highest BCUT2D eigenvalue weighted by atomic mass is 16.5.